The Kier molecular flexibility index (Phi) is 8.49. The van der Waals surface area contributed by atoms with Gasteiger partial charge in [0.1, 0.15) is 11.5 Å². The number of phenolic OH excluding ortho intramolecular Hbond substituents is 2. The Hall–Kier alpha value is -1.74. The summed E-state index contributed by atoms with van der Waals surface area (Å²) in [6, 6.07) is 3.52. The summed E-state index contributed by atoms with van der Waals surface area (Å²) in [6.07, 6.45) is 9.66. The number of unbranched alkanes of at least 4 members (excludes halogenated alkanes) is 1. The Bertz CT molecular complexity index is 532. The molecule has 0 spiro atoms. The fraction of sp³-hybridized carbons (Fsp3) is 0.500. The molecule has 0 fully saturated rings. The van der Waals surface area contributed by atoms with Crippen molar-refractivity contribution in [2.45, 2.75) is 59.3 Å². The summed E-state index contributed by atoms with van der Waals surface area (Å²) in [4.78, 5) is 0. The highest BCUT2D eigenvalue weighted by molar-refractivity contribution is 5.47. The molecule has 1 aromatic rings. The summed E-state index contributed by atoms with van der Waals surface area (Å²) in [5.74, 6) is 0.363. The molecule has 0 unspecified atom stereocenters. The van der Waals surface area contributed by atoms with Gasteiger partial charge >= 0.3 is 0 Å². The van der Waals surface area contributed by atoms with Gasteiger partial charge in [-0.05, 0) is 83.5 Å². The second kappa shape index (κ2) is 10.1. The van der Waals surface area contributed by atoms with E-state index in [1.807, 2.05) is 0 Å². The number of aryl methyl sites for hydroxylation is 1. The molecule has 0 aliphatic carbocycles. The number of nitrogens with two attached hydrogens (primary N) is 1. The molecule has 0 radical (unpaired) electrons. The van der Waals surface area contributed by atoms with Gasteiger partial charge in [0.05, 0.1) is 0 Å². The first-order valence-corrected chi connectivity index (χ1v) is 8.46. The Morgan fingerprint density at radius 2 is 1.70 bits per heavy atom. The molecule has 3 nitrogen and oxygen atoms in total. The van der Waals surface area contributed by atoms with Crippen molar-refractivity contribution in [3.05, 3.63) is 46.6 Å². The zero-order chi connectivity index (χ0) is 17.2. The fourth-order valence-electron chi connectivity index (χ4n) is 2.49. The molecule has 3 heteroatoms. The standard InChI is InChI=1S/C20H31NO2/c1-15(2)7-6-8-16(3)10-11-18-19(22)13-17(14-20(18)23)9-4-5-12-21/h7,10,13-14,22-23H,4-6,8-9,11-12,21H2,1-3H3. The molecule has 0 bridgehead atoms. The number of allylic oxidation sites excluding steroid dienone is 4. The minimum atomic E-state index is 0.182. The number of hydrogen-bond donors (Lipinski definition) is 3. The van der Waals surface area contributed by atoms with Crippen LogP contribution in [-0.2, 0) is 12.8 Å². The number of benzene rings is 1. The molecular formula is C20H31NO2. The predicted octanol–water partition coefficient (Wildman–Crippen LogP) is 4.61. The molecule has 1 rings (SSSR count). The van der Waals surface area contributed by atoms with Gasteiger partial charge in [-0.25, -0.2) is 0 Å². The van der Waals surface area contributed by atoms with Crippen LogP contribution in [0.15, 0.2) is 35.4 Å². The van der Waals surface area contributed by atoms with Crippen molar-refractivity contribution in [3.63, 3.8) is 0 Å². The molecule has 0 heterocycles. The molecular weight excluding hydrogens is 286 g/mol. The van der Waals surface area contributed by atoms with Crippen LogP contribution in [-0.4, -0.2) is 16.8 Å². The predicted molar refractivity (Wildman–Crippen MR) is 97.9 cm³/mol. The maximum absolute atomic E-state index is 10.2. The second-order valence-corrected chi connectivity index (χ2v) is 6.43. The first-order valence-electron chi connectivity index (χ1n) is 8.46. The van der Waals surface area contributed by atoms with Crippen LogP contribution in [0.25, 0.3) is 0 Å². The van der Waals surface area contributed by atoms with Gasteiger partial charge in [0.15, 0.2) is 0 Å². The lowest BCUT2D eigenvalue weighted by atomic mass is 10.0. The van der Waals surface area contributed by atoms with Crippen molar-refractivity contribution >= 4 is 0 Å². The number of hydrogen-bond acceptors (Lipinski definition) is 3. The molecule has 23 heavy (non-hydrogen) atoms. The van der Waals surface area contributed by atoms with E-state index < -0.39 is 0 Å². The highest BCUT2D eigenvalue weighted by Gasteiger charge is 2.09. The number of rotatable bonds is 9. The lowest BCUT2D eigenvalue weighted by Crippen LogP contribution is -1.99. The van der Waals surface area contributed by atoms with Crippen molar-refractivity contribution in [1.82, 2.24) is 0 Å². The van der Waals surface area contributed by atoms with Crippen LogP contribution >= 0.6 is 0 Å². The van der Waals surface area contributed by atoms with Gasteiger partial charge < -0.3 is 15.9 Å². The quantitative estimate of drug-likeness (QED) is 0.460. The minimum absolute atomic E-state index is 0.182. The third kappa shape index (κ3) is 7.38. The number of phenols is 2. The van der Waals surface area contributed by atoms with E-state index in [-0.39, 0.29) is 11.5 Å². The number of aromatic hydroxyl groups is 2. The van der Waals surface area contributed by atoms with Gasteiger partial charge in [0, 0.05) is 5.56 Å². The zero-order valence-corrected chi connectivity index (χ0v) is 14.7. The van der Waals surface area contributed by atoms with Crippen LogP contribution in [0.2, 0.25) is 0 Å². The average molecular weight is 317 g/mol. The average Bonchev–Trinajstić information content (AvgIpc) is 2.46. The topological polar surface area (TPSA) is 66.5 Å². The van der Waals surface area contributed by atoms with Gasteiger partial charge in [-0.3, -0.25) is 0 Å². The second-order valence-electron chi connectivity index (χ2n) is 6.43. The Balaban J connectivity index is 2.67. The van der Waals surface area contributed by atoms with E-state index in [9.17, 15) is 10.2 Å². The minimum Gasteiger partial charge on any atom is -0.508 e. The smallest absolute Gasteiger partial charge is 0.123 e. The molecule has 0 aromatic heterocycles. The summed E-state index contributed by atoms with van der Waals surface area (Å²) in [7, 11) is 0. The normalized spacial score (nSPS) is 11.6. The molecule has 0 saturated heterocycles. The Morgan fingerprint density at radius 3 is 2.26 bits per heavy atom. The maximum atomic E-state index is 10.2. The molecule has 0 aliphatic heterocycles. The summed E-state index contributed by atoms with van der Waals surface area (Å²) < 4.78 is 0. The lowest BCUT2D eigenvalue weighted by molar-refractivity contribution is 0.439. The molecule has 0 atom stereocenters. The zero-order valence-electron chi connectivity index (χ0n) is 14.7. The van der Waals surface area contributed by atoms with Gasteiger partial charge in [-0.1, -0.05) is 23.3 Å². The summed E-state index contributed by atoms with van der Waals surface area (Å²) in [6.45, 7) is 6.97. The van der Waals surface area contributed by atoms with E-state index in [2.05, 4.69) is 32.9 Å². The monoisotopic (exact) mass is 317 g/mol. The van der Waals surface area contributed by atoms with E-state index in [4.69, 9.17) is 5.73 Å². The molecule has 0 saturated carbocycles. The largest absolute Gasteiger partial charge is 0.508 e. The molecule has 128 valence electrons. The molecule has 0 aliphatic rings. The van der Waals surface area contributed by atoms with E-state index in [1.54, 1.807) is 12.1 Å². The van der Waals surface area contributed by atoms with Crippen molar-refractivity contribution in [2.75, 3.05) is 6.54 Å². The Labute approximate surface area is 140 Å². The van der Waals surface area contributed by atoms with Crippen molar-refractivity contribution < 1.29 is 10.2 Å². The van der Waals surface area contributed by atoms with Gasteiger partial charge in [0.2, 0.25) is 0 Å². The summed E-state index contributed by atoms with van der Waals surface area (Å²) in [5.41, 5.74) is 9.66. The third-order valence-corrected chi connectivity index (χ3v) is 3.93. The van der Waals surface area contributed by atoms with Crippen LogP contribution in [0.5, 0.6) is 11.5 Å². The van der Waals surface area contributed by atoms with Gasteiger partial charge in [0.25, 0.3) is 0 Å². The van der Waals surface area contributed by atoms with Gasteiger partial charge in [-0.15, -0.1) is 0 Å². The summed E-state index contributed by atoms with van der Waals surface area (Å²) in [5, 5.41) is 20.3. The fourth-order valence-corrected chi connectivity index (χ4v) is 2.49. The SMILES string of the molecule is CC(C)=CCCC(C)=CCc1c(O)cc(CCCCN)cc1O. The van der Waals surface area contributed by atoms with Crippen molar-refractivity contribution in [2.24, 2.45) is 5.73 Å². The highest BCUT2D eigenvalue weighted by atomic mass is 16.3. The highest BCUT2D eigenvalue weighted by Crippen LogP contribution is 2.30. The maximum Gasteiger partial charge on any atom is 0.123 e. The first kappa shape index (κ1) is 19.3. The van der Waals surface area contributed by atoms with E-state index in [1.165, 1.54) is 11.1 Å². The van der Waals surface area contributed by atoms with Gasteiger partial charge in [-0.2, -0.15) is 0 Å². The van der Waals surface area contributed by atoms with Crippen LogP contribution in [0.3, 0.4) is 0 Å². The van der Waals surface area contributed by atoms with Crippen molar-refractivity contribution in [1.29, 1.82) is 0 Å². The molecule has 4 N–H and O–H groups in total. The first-order chi connectivity index (χ1) is 10.9. The van der Waals surface area contributed by atoms with Crippen LogP contribution < -0.4 is 5.73 Å². The molecule has 0 amide bonds. The van der Waals surface area contributed by atoms with Crippen molar-refractivity contribution in [3.8, 4) is 11.5 Å². The van der Waals surface area contributed by atoms with E-state index >= 15 is 0 Å². The van der Waals surface area contributed by atoms with Crippen LogP contribution in [0.4, 0.5) is 0 Å². The molecule has 1 aromatic carbocycles. The van der Waals surface area contributed by atoms with E-state index in [0.29, 0.717) is 18.5 Å². The summed E-state index contributed by atoms with van der Waals surface area (Å²) >= 11 is 0. The Morgan fingerprint density at radius 1 is 1.04 bits per heavy atom. The van der Waals surface area contributed by atoms with E-state index in [0.717, 1.165) is 37.7 Å². The third-order valence-electron chi connectivity index (χ3n) is 3.93. The van der Waals surface area contributed by atoms with Crippen LogP contribution in [0.1, 0.15) is 57.6 Å². The lowest BCUT2D eigenvalue weighted by Gasteiger charge is -2.09. The van der Waals surface area contributed by atoms with Crippen LogP contribution in [0, 0.1) is 0 Å².